The molecule has 0 saturated carbocycles. The van der Waals surface area contributed by atoms with E-state index >= 15 is 0 Å². The van der Waals surface area contributed by atoms with Crippen LogP contribution in [0.25, 0.3) is 0 Å². The lowest BCUT2D eigenvalue weighted by Gasteiger charge is -2.25. The van der Waals surface area contributed by atoms with Crippen molar-refractivity contribution in [2.75, 3.05) is 17.4 Å². The highest BCUT2D eigenvalue weighted by molar-refractivity contribution is 7.92. The maximum atomic E-state index is 13.2. The van der Waals surface area contributed by atoms with E-state index in [1.54, 1.807) is 18.2 Å². The molecule has 0 atom stereocenters. The van der Waals surface area contributed by atoms with Crippen molar-refractivity contribution in [2.24, 2.45) is 0 Å². The lowest BCUT2D eigenvalue weighted by atomic mass is 10.1. The SMILES string of the molecule is O=C(CN(c1cccc(C(F)(F)F)c1)S(=O)(=O)c1ccccc1)NCCCc1ccc(F)cc1. The van der Waals surface area contributed by atoms with Crippen LogP contribution in [0.4, 0.5) is 23.2 Å². The number of alkyl halides is 3. The minimum atomic E-state index is -4.68. The third kappa shape index (κ3) is 6.57. The summed E-state index contributed by atoms with van der Waals surface area (Å²) in [7, 11) is -4.32. The maximum Gasteiger partial charge on any atom is 0.416 e. The minimum Gasteiger partial charge on any atom is -0.355 e. The Balaban J connectivity index is 1.76. The first-order valence-electron chi connectivity index (χ1n) is 10.3. The van der Waals surface area contributed by atoms with Gasteiger partial charge in [-0.2, -0.15) is 13.2 Å². The number of halogens is 4. The van der Waals surface area contributed by atoms with Crippen molar-refractivity contribution in [1.82, 2.24) is 5.32 Å². The molecule has 0 unspecified atom stereocenters. The second-order valence-electron chi connectivity index (χ2n) is 7.45. The number of amides is 1. The molecule has 0 fully saturated rings. The summed E-state index contributed by atoms with van der Waals surface area (Å²) in [5.41, 5.74) is -0.439. The Kier molecular flexibility index (Phi) is 7.93. The van der Waals surface area contributed by atoms with Gasteiger partial charge in [0.1, 0.15) is 12.4 Å². The van der Waals surface area contributed by atoms with Crippen LogP contribution < -0.4 is 9.62 Å². The zero-order valence-electron chi connectivity index (χ0n) is 17.9. The van der Waals surface area contributed by atoms with E-state index in [0.29, 0.717) is 23.2 Å². The van der Waals surface area contributed by atoms with Crippen LogP contribution in [0.1, 0.15) is 17.5 Å². The zero-order valence-corrected chi connectivity index (χ0v) is 18.7. The standard InChI is InChI=1S/C24H22F4N2O3S/c25-20-13-11-18(12-14-20)6-5-15-29-23(31)17-30(34(32,33)22-9-2-1-3-10-22)21-8-4-7-19(16-21)24(26,27)28/h1-4,7-14,16H,5-6,15,17H2,(H,29,31). The molecular formula is C24H22F4N2O3S. The fourth-order valence-electron chi connectivity index (χ4n) is 3.23. The van der Waals surface area contributed by atoms with Crippen molar-refractivity contribution in [3.8, 4) is 0 Å². The number of hydrogen-bond donors (Lipinski definition) is 1. The van der Waals surface area contributed by atoms with E-state index in [1.165, 1.54) is 42.5 Å². The van der Waals surface area contributed by atoms with Gasteiger partial charge in [-0.25, -0.2) is 12.8 Å². The lowest BCUT2D eigenvalue weighted by molar-refractivity contribution is -0.137. The minimum absolute atomic E-state index is 0.156. The first-order valence-corrected chi connectivity index (χ1v) is 11.8. The number of nitrogens with one attached hydrogen (secondary N) is 1. The van der Waals surface area contributed by atoms with Gasteiger partial charge in [-0.15, -0.1) is 0 Å². The Bertz CT molecular complexity index is 1210. The molecule has 0 aliphatic rings. The maximum absolute atomic E-state index is 13.2. The first-order chi connectivity index (χ1) is 16.1. The van der Waals surface area contributed by atoms with E-state index in [1.807, 2.05) is 0 Å². The summed E-state index contributed by atoms with van der Waals surface area (Å²) in [6.07, 6.45) is -3.62. The van der Waals surface area contributed by atoms with Gasteiger partial charge in [0.25, 0.3) is 10.0 Å². The lowest BCUT2D eigenvalue weighted by Crippen LogP contribution is -2.41. The van der Waals surface area contributed by atoms with Gasteiger partial charge in [0.15, 0.2) is 0 Å². The first kappa shape index (κ1) is 25.2. The molecule has 0 radical (unpaired) electrons. The normalized spacial score (nSPS) is 11.8. The number of nitrogens with zero attached hydrogens (tertiary/aromatic N) is 1. The van der Waals surface area contributed by atoms with Crippen molar-refractivity contribution >= 4 is 21.6 Å². The molecule has 34 heavy (non-hydrogen) atoms. The highest BCUT2D eigenvalue weighted by atomic mass is 32.2. The van der Waals surface area contributed by atoms with Gasteiger partial charge in [-0.1, -0.05) is 36.4 Å². The number of aryl methyl sites for hydroxylation is 1. The number of carbonyl (C=O) groups excluding carboxylic acids is 1. The fraction of sp³-hybridized carbons (Fsp3) is 0.208. The highest BCUT2D eigenvalue weighted by Gasteiger charge is 2.33. The summed E-state index contributed by atoms with van der Waals surface area (Å²) in [6.45, 7) is -0.493. The molecule has 3 aromatic rings. The van der Waals surface area contributed by atoms with Crippen molar-refractivity contribution in [2.45, 2.75) is 23.9 Å². The number of benzene rings is 3. The molecular weight excluding hydrogens is 472 g/mol. The van der Waals surface area contributed by atoms with E-state index in [0.717, 1.165) is 17.7 Å². The van der Waals surface area contributed by atoms with Crippen molar-refractivity contribution in [1.29, 1.82) is 0 Å². The molecule has 0 heterocycles. The van der Waals surface area contributed by atoms with Gasteiger partial charge in [0.2, 0.25) is 5.91 Å². The van der Waals surface area contributed by atoms with E-state index in [2.05, 4.69) is 5.32 Å². The topological polar surface area (TPSA) is 66.5 Å². The molecule has 10 heteroatoms. The van der Waals surface area contributed by atoms with Crippen LogP contribution >= 0.6 is 0 Å². The van der Waals surface area contributed by atoms with Crippen LogP contribution in [-0.2, 0) is 27.4 Å². The quantitative estimate of drug-likeness (QED) is 0.344. The Hall–Kier alpha value is -3.40. The molecule has 3 rings (SSSR count). The molecule has 0 bridgehead atoms. The predicted octanol–water partition coefficient (Wildman–Crippen LogP) is 4.79. The summed E-state index contributed by atoms with van der Waals surface area (Å²) in [6, 6.07) is 16.9. The molecule has 180 valence electrons. The number of anilines is 1. The summed E-state index contributed by atoms with van der Waals surface area (Å²) in [4.78, 5) is 12.4. The predicted molar refractivity (Wildman–Crippen MR) is 120 cm³/mol. The van der Waals surface area contributed by atoms with Crippen LogP contribution in [0.3, 0.4) is 0 Å². The molecule has 0 saturated heterocycles. The van der Waals surface area contributed by atoms with Gasteiger partial charge >= 0.3 is 6.18 Å². The third-order valence-corrected chi connectivity index (χ3v) is 6.75. The van der Waals surface area contributed by atoms with Crippen LogP contribution in [0.15, 0.2) is 83.8 Å². The molecule has 1 N–H and O–H groups in total. The van der Waals surface area contributed by atoms with Crippen LogP contribution in [0.5, 0.6) is 0 Å². The number of rotatable bonds is 9. The van der Waals surface area contributed by atoms with Gasteiger partial charge in [0.05, 0.1) is 16.1 Å². The molecule has 5 nitrogen and oxygen atoms in total. The molecule has 1 amide bonds. The molecule has 0 aliphatic carbocycles. The van der Waals surface area contributed by atoms with E-state index in [-0.39, 0.29) is 22.9 Å². The summed E-state index contributed by atoms with van der Waals surface area (Å²) in [5, 5.41) is 2.59. The molecule has 0 spiro atoms. The molecule has 3 aromatic carbocycles. The van der Waals surface area contributed by atoms with Gasteiger partial charge < -0.3 is 5.32 Å². The zero-order chi connectivity index (χ0) is 24.8. The Morgan fingerprint density at radius 2 is 1.59 bits per heavy atom. The monoisotopic (exact) mass is 494 g/mol. The third-order valence-electron chi connectivity index (χ3n) is 4.96. The smallest absolute Gasteiger partial charge is 0.355 e. The number of hydrogen-bond acceptors (Lipinski definition) is 3. The van der Waals surface area contributed by atoms with Crippen LogP contribution in [0, 0.1) is 5.82 Å². The molecule has 0 aliphatic heterocycles. The average molecular weight is 495 g/mol. The largest absolute Gasteiger partial charge is 0.416 e. The number of carbonyl (C=O) groups is 1. The van der Waals surface area contributed by atoms with Crippen molar-refractivity contribution in [3.05, 3.63) is 95.8 Å². The van der Waals surface area contributed by atoms with E-state index in [9.17, 15) is 30.8 Å². The van der Waals surface area contributed by atoms with Gasteiger partial charge in [-0.05, 0) is 60.9 Å². The van der Waals surface area contributed by atoms with Gasteiger partial charge in [0, 0.05) is 6.54 Å². The summed E-state index contributed by atoms with van der Waals surface area (Å²) in [5.74, 6) is -1.03. The Morgan fingerprint density at radius 3 is 2.24 bits per heavy atom. The highest BCUT2D eigenvalue weighted by Crippen LogP contribution is 2.33. The van der Waals surface area contributed by atoms with E-state index < -0.39 is 34.2 Å². The Morgan fingerprint density at radius 1 is 0.912 bits per heavy atom. The Labute approximate surface area is 195 Å². The van der Waals surface area contributed by atoms with Crippen molar-refractivity contribution in [3.63, 3.8) is 0 Å². The molecule has 0 aromatic heterocycles. The van der Waals surface area contributed by atoms with Crippen LogP contribution in [-0.4, -0.2) is 27.4 Å². The average Bonchev–Trinajstić information content (AvgIpc) is 2.81. The summed E-state index contributed by atoms with van der Waals surface area (Å²) < 4.78 is 79.7. The second kappa shape index (κ2) is 10.7. The van der Waals surface area contributed by atoms with E-state index in [4.69, 9.17) is 0 Å². The van der Waals surface area contributed by atoms with Crippen LogP contribution in [0.2, 0.25) is 0 Å². The number of sulfonamides is 1. The van der Waals surface area contributed by atoms with Crippen molar-refractivity contribution < 1.29 is 30.8 Å². The fourth-order valence-corrected chi connectivity index (χ4v) is 4.66. The summed E-state index contributed by atoms with van der Waals surface area (Å²) >= 11 is 0. The second-order valence-corrected chi connectivity index (χ2v) is 9.32. The van der Waals surface area contributed by atoms with Gasteiger partial charge in [-0.3, -0.25) is 9.10 Å².